The summed E-state index contributed by atoms with van der Waals surface area (Å²) < 4.78 is 0. The molecule has 2 rings (SSSR count). The van der Waals surface area contributed by atoms with E-state index in [4.69, 9.17) is 10.9 Å². The molecule has 1 saturated carbocycles. The molecule has 5 nitrogen and oxygen atoms in total. The predicted octanol–water partition coefficient (Wildman–Crippen LogP) is 1.79. The van der Waals surface area contributed by atoms with E-state index < -0.39 is 0 Å². The zero-order valence-electron chi connectivity index (χ0n) is 12.1. The van der Waals surface area contributed by atoms with Crippen molar-refractivity contribution in [2.75, 3.05) is 7.05 Å². The fourth-order valence-electron chi connectivity index (χ4n) is 2.39. The summed E-state index contributed by atoms with van der Waals surface area (Å²) in [6.07, 6.45) is 0.959. The van der Waals surface area contributed by atoms with Crippen LogP contribution in [0.5, 0.6) is 0 Å². The summed E-state index contributed by atoms with van der Waals surface area (Å²) in [5, 5.41) is 11.7. The molecular weight excluding hydrogens is 254 g/mol. The van der Waals surface area contributed by atoms with Gasteiger partial charge in [0.1, 0.15) is 0 Å². The van der Waals surface area contributed by atoms with E-state index in [0.717, 1.165) is 12.0 Å². The Balaban J connectivity index is 2.05. The summed E-state index contributed by atoms with van der Waals surface area (Å²) in [6, 6.07) is 7.36. The molecule has 0 radical (unpaired) electrons. The van der Waals surface area contributed by atoms with Gasteiger partial charge in [0.15, 0.2) is 5.84 Å². The lowest BCUT2D eigenvalue weighted by Crippen LogP contribution is -2.29. The van der Waals surface area contributed by atoms with E-state index in [1.54, 1.807) is 11.0 Å². The van der Waals surface area contributed by atoms with Crippen molar-refractivity contribution in [1.29, 1.82) is 0 Å². The van der Waals surface area contributed by atoms with E-state index in [9.17, 15) is 4.79 Å². The monoisotopic (exact) mass is 275 g/mol. The molecule has 0 bridgehead atoms. The van der Waals surface area contributed by atoms with Gasteiger partial charge in [-0.25, -0.2) is 0 Å². The van der Waals surface area contributed by atoms with Crippen LogP contribution in [0.4, 0.5) is 0 Å². The fraction of sp³-hybridized carbons (Fsp3) is 0.467. The van der Waals surface area contributed by atoms with E-state index in [1.165, 1.54) is 0 Å². The van der Waals surface area contributed by atoms with Crippen LogP contribution in [0.15, 0.2) is 29.4 Å². The number of benzene rings is 1. The van der Waals surface area contributed by atoms with Gasteiger partial charge in [0.05, 0.1) is 0 Å². The molecule has 0 heterocycles. The topological polar surface area (TPSA) is 78.9 Å². The number of amidine groups is 1. The molecular formula is C15H21N3O2. The van der Waals surface area contributed by atoms with E-state index in [-0.39, 0.29) is 23.1 Å². The van der Waals surface area contributed by atoms with Crippen LogP contribution in [0.25, 0.3) is 0 Å². The highest BCUT2D eigenvalue weighted by Gasteiger charge is 2.51. The lowest BCUT2D eigenvalue weighted by Gasteiger charge is -2.18. The highest BCUT2D eigenvalue weighted by atomic mass is 16.4. The van der Waals surface area contributed by atoms with Crippen LogP contribution in [0.2, 0.25) is 0 Å². The summed E-state index contributed by atoms with van der Waals surface area (Å²) >= 11 is 0. The quantitative estimate of drug-likeness (QED) is 0.380. The Kier molecular flexibility index (Phi) is 3.70. The van der Waals surface area contributed by atoms with Crippen molar-refractivity contribution in [3.63, 3.8) is 0 Å². The minimum Gasteiger partial charge on any atom is -0.409 e. The Morgan fingerprint density at radius 1 is 1.55 bits per heavy atom. The summed E-state index contributed by atoms with van der Waals surface area (Å²) in [4.78, 5) is 14.0. The van der Waals surface area contributed by atoms with E-state index in [2.05, 4.69) is 19.0 Å². The zero-order chi connectivity index (χ0) is 14.9. The fourth-order valence-corrected chi connectivity index (χ4v) is 2.39. The molecule has 20 heavy (non-hydrogen) atoms. The lowest BCUT2D eigenvalue weighted by molar-refractivity contribution is -0.132. The minimum absolute atomic E-state index is 0.0733. The molecule has 0 aromatic heterocycles. The number of hydrogen-bond acceptors (Lipinski definition) is 3. The Hall–Kier alpha value is -2.04. The average molecular weight is 275 g/mol. The summed E-state index contributed by atoms with van der Waals surface area (Å²) in [5.74, 6) is 0.396. The van der Waals surface area contributed by atoms with Crippen LogP contribution in [-0.2, 0) is 11.3 Å². The molecule has 1 amide bonds. The van der Waals surface area contributed by atoms with Crippen molar-refractivity contribution in [2.45, 2.75) is 26.8 Å². The maximum Gasteiger partial charge on any atom is 0.226 e. The van der Waals surface area contributed by atoms with Crippen LogP contribution in [0.3, 0.4) is 0 Å². The SMILES string of the molecule is CN(Cc1cccc(/C(N)=N/O)c1)C(=O)C1CC1(C)C. The van der Waals surface area contributed by atoms with Gasteiger partial charge in [0, 0.05) is 25.1 Å². The number of carbonyl (C=O) groups is 1. The average Bonchev–Trinajstić information content (AvgIpc) is 3.06. The molecule has 1 aromatic rings. The Bertz CT molecular complexity index is 552. The Morgan fingerprint density at radius 3 is 2.75 bits per heavy atom. The third kappa shape index (κ3) is 2.92. The third-order valence-electron chi connectivity index (χ3n) is 3.94. The molecule has 3 N–H and O–H groups in total. The molecule has 1 unspecified atom stereocenters. The summed E-state index contributed by atoms with van der Waals surface area (Å²) in [6.45, 7) is 4.75. The first-order chi connectivity index (χ1) is 9.35. The standard InChI is InChI=1S/C15H21N3O2/c1-15(2)8-12(15)14(19)18(3)9-10-5-4-6-11(7-10)13(16)17-20/h4-7,12,20H,8-9H2,1-3H3,(H2,16,17). The van der Waals surface area contributed by atoms with Crippen LogP contribution in [0.1, 0.15) is 31.4 Å². The zero-order valence-corrected chi connectivity index (χ0v) is 12.1. The number of nitrogens with zero attached hydrogens (tertiary/aromatic N) is 2. The van der Waals surface area contributed by atoms with E-state index in [0.29, 0.717) is 12.1 Å². The van der Waals surface area contributed by atoms with Gasteiger partial charge in [-0.2, -0.15) is 0 Å². The highest BCUT2D eigenvalue weighted by molar-refractivity contribution is 5.97. The summed E-state index contributed by atoms with van der Waals surface area (Å²) in [5.41, 5.74) is 7.32. The maximum absolute atomic E-state index is 12.2. The molecule has 1 aliphatic carbocycles. The predicted molar refractivity (Wildman–Crippen MR) is 77.3 cm³/mol. The number of carbonyl (C=O) groups excluding carboxylic acids is 1. The minimum atomic E-state index is 0.0733. The van der Waals surface area contributed by atoms with E-state index >= 15 is 0 Å². The van der Waals surface area contributed by atoms with Crippen LogP contribution < -0.4 is 5.73 Å². The first-order valence-corrected chi connectivity index (χ1v) is 6.67. The number of amides is 1. The van der Waals surface area contributed by atoms with Crippen LogP contribution in [0, 0.1) is 11.3 Å². The van der Waals surface area contributed by atoms with Gasteiger partial charge >= 0.3 is 0 Å². The first kappa shape index (κ1) is 14.4. The molecule has 5 heteroatoms. The largest absolute Gasteiger partial charge is 0.409 e. The molecule has 1 aliphatic rings. The lowest BCUT2D eigenvalue weighted by atomic mass is 10.1. The van der Waals surface area contributed by atoms with Crippen molar-refractivity contribution in [2.24, 2.45) is 22.2 Å². The van der Waals surface area contributed by atoms with Crippen molar-refractivity contribution in [1.82, 2.24) is 4.90 Å². The van der Waals surface area contributed by atoms with Gasteiger partial charge in [-0.05, 0) is 23.5 Å². The van der Waals surface area contributed by atoms with Crippen molar-refractivity contribution in [3.8, 4) is 0 Å². The van der Waals surface area contributed by atoms with Gasteiger partial charge in [0.2, 0.25) is 5.91 Å². The van der Waals surface area contributed by atoms with Gasteiger partial charge < -0.3 is 15.8 Å². The first-order valence-electron chi connectivity index (χ1n) is 6.67. The second-order valence-corrected chi connectivity index (χ2v) is 6.13. The Morgan fingerprint density at radius 2 is 2.20 bits per heavy atom. The van der Waals surface area contributed by atoms with Gasteiger partial charge in [-0.15, -0.1) is 0 Å². The Labute approximate surface area is 119 Å². The number of hydrogen-bond donors (Lipinski definition) is 2. The van der Waals surface area contributed by atoms with Gasteiger partial charge in [-0.1, -0.05) is 37.2 Å². The van der Waals surface area contributed by atoms with Crippen molar-refractivity contribution in [3.05, 3.63) is 35.4 Å². The highest BCUT2D eigenvalue weighted by Crippen LogP contribution is 2.52. The molecule has 0 saturated heterocycles. The van der Waals surface area contributed by atoms with Crippen molar-refractivity contribution < 1.29 is 10.0 Å². The summed E-state index contributed by atoms with van der Waals surface area (Å²) in [7, 11) is 1.81. The molecule has 1 fully saturated rings. The molecule has 1 atom stereocenters. The van der Waals surface area contributed by atoms with Crippen LogP contribution in [-0.4, -0.2) is 28.9 Å². The molecule has 1 aromatic carbocycles. The van der Waals surface area contributed by atoms with E-state index in [1.807, 2.05) is 25.2 Å². The molecule has 0 spiro atoms. The molecule has 0 aliphatic heterocycles. The number of oxime groups is 1. The van der Waals surface area contributed by atoms with Gasteiger partial charge in [-0.3, -0.25) is 4.79 Å². The number of nitrogens with two attached hydrogens (primary N) is 1. The van der Waals surface area contributed by atoms with Crippen LogP contribution >= 0.6 is 0 Å². The van der Waals surface area contributed by atoms with Crippen molar-refractivity contribution >= 4 is 11.7 Å². The number of rotatable bonds is 4. The smallest absolute Gasteiger partial charge is 0.226 e. The molecule has 108 valence electrons. The normalized spacial score (nSPS) is 20.6. The van der Waals surface area contributed by atoms with Gasteiger partial charge in [0.25, 0.3) is 0 Å². The second kappa shape index (κ2) is 5.15. The third-order valence-corrected chi connectivity index (χ3v) is 3.94. The maximum atomic E-state index is 12.2. The second-order valence-electron chi connectivity index (χ2n) is 6.13.